The Bertz CT molecular complexity index is 1330. The van der Waals surface area contributed by atoms with Gasteiger partial charge in [0.25, 0.3) is 11.1 Å². The first-order chi connectivity index (χ1) is 15.9. The van der Waals surface area contributed by atoms with Gasteiger partial charge < -0.3 is 19.7 Å². The summed E-state index contributed by atoms with van der Waals surface area (Å²) >= 11 is 0. The fraction of sp³-hybridized carbons (Fsp3) is 0.250. The van der Waals surface area contributed by atoms with E-state index in [-0.39, 0.29) is 23.5 Å². The Morgan fingerprint density at radius 3 is 2.03 bits per heavy atom. The van der Waals surface area contributed by atoms with Crippen molar-refractivity contribution in [1.82, 2.24) is 20.4 Å². The summed E-state index contributed by atoms with van der Waals surface area (Å²) in [5, 5.41) is 10.8. The van der Waals surface area contributed by atoms with E-state index in [1.807, 2.05) is 6.92 Å². The van der Waals surface area contributed by atoms with Crippen molar-refractivity contribution in [2.75, 3.05) is 6.61 Å². The van der Waals surface area contributed by atoms with E-state index in [1.165, 1.54) is 6.07 Å². The highest BCUT2D eigenvalue weighted by Crippen LogP contribution is 2.37. The number of benzene rings is 2. The van der Waals surface area contributed by atoms with E-state index in [0.29, 0.717) is 51.7 Å². The molecular weight excluding hydrogens is 427 g/mol. The zero-order valence-corrected chi connectivity index (χ0v) is 18.5. The summed E-state index contributed by atoms with van der Waals surface area (Å²) in [4.78, 5) is 25.3. The molecule has 0 atom stereocenters. The van der Waals surface area contributed by atoms with E-state index >= 15 is 0 Å². The molecule has 0 spiro atoms. The minimum absolute atomic E-state index is 0.0305. The van der Waals surface area contributed by atoms with Gasteiger partial charge >= 0.3 is 0 Å². The summed E-state index contributed by atoms with van der Waals surface area (Å²) in [5.74, 6) is -0.126. The van der Waals surface area contributed by atoms with Gasteiger partial charge in [0.2, 0.25) is 0 Å². The zero-order valence-electron chi connectivity index (χ0n) is 18.5. The molecule has 0 aliphatic heterocycles. The molecule has 172 valence electrons. The first-order valence-corrected chi connectivity index (χ1v) is 10.6. The van der Waals surface area contributed by atoms with E-state index in [9.17, 15) is 14.0 Å². The maximum absolute atomic E-state index is 14.0. The fourth-order valence-corrected chi connectivity index (χ4v) is 3.95. The van der Waals surface area contributed by atoms with Crippen LogP contribution in [0.4, 0.5) is 4.39 Å². The van der Waals surface area contributed by atoms with Gasteiger partial charge in [0.1, 0.15) is 12.4 Å². The van der Waals surface area contributed by atoms with Crippen LogP contribution in [0.5, 0.6) is 11.5 Å². The standard InChI is InChI=1S/C24H25FN4O4/c1-4-32-19-11-15(9-10-18(19)33-12-16-7-5-6-8-17(16)25)22(20-13(2)26-28-23(20)30)21-14(3)27-29-24(21)31/h5-11,22H,4,12H2,1-3H3,(H2,26,28,30)(H2,27,29,31). The monoisotopic (exact) mass is 452 g/mol. The van der Waals surface area contributed by atoms with Crippen LogP contribution in [0.25, 0.3) is 0 Å². The van der Waals surface area contributed by atoms with Crippen LogP contribution < -0.4 is 20.6 Å². The highest BCUT2D eigenvalue weighted by Gasteiger charge is 2.29. The van der Waals surface area contributed by atoms with E-state index in [2.05, 4.69) is 20.4 Å². The molecule has 0 unspecified atom stereocenters. The number of hydrogen-bond acceptors (Lipinski definition) is 4. The van der Waals surface area contributed by atoms with E-state index in [0.717, 1.165) is 0 Å². The number of hydrogen-bond donors (Lipinski definition) is 4. The molecular formula is C24H25FN4O4. The summed E-state index contributed by atoms with van der Waals surface area (Å²) in [6.07, 6.45) is 0. The highest BCUT2D eigenvalue weighted by molar-refractivity contribution is 5.51. The zero-order chi connectivity index (χ0) is 23.5. The maximum atomic E-state index is 14.0. The minimum Gasteiger partial charge on any atom is -0.490 e. The molecule has 2 aromatic heterocycles. The molecule has 4 N–H and O–H groups in total. The van der Waals surface area contributed by atoms with Crippen LogP contribution in [0, 0.1) is 19.7 Å². The number of aromatic amines is 4. The normalized spacial score (nSPS) is 11.2. The van der Waals surface area contributed by atoms with Gasteiger partial charge in [0, 0.05) is 22.9 Å². The van der Waals surface area contributed by atoms with Gasteiger partial charge in [-0.1, -0.05) is 24.3 Å². The molecule has 4 rings (SSSR count). The molecule has 0 aliphatic carbocycles. The quantitative estimate of drug-likeness (QED) is 0.327. The van der Waals surface area contributed by atoms with Gasteiger partial charge in [-0.25, -0.2) is 4.39 Å². The number of nitrogens with one attached hydrogen (secondary N) is 4. The van der Waals surface area contributed by atoms with Gasteiger partial charge in [-0.3, -0.25) is 19.8 Å². The molecule has 0 fully saturated rings. The largest absolute Gasteiger partial charge is 0.490 e. The van der Waals surface area contributed by atoms with Crippen LogP contribution >= 0.6 is 0 Å². The molecule has 0 radical (unpaired) electrons. The number of aromatic nitrogens is 4. The Hall–Kier alpha value is -4.01. The molecule has 9 heteroatoms. The second-order valence-corrected chi connectivity index (χ2v) is 7.69. The summed E-state index contributed by atoms with van der Waals surface area (Å²) in [7, 11) is 0. The average molecular weight is 452 g/mol. The molecule has 4 aromatic rings. The van der Waals surface area contributed by atoms with Crippen LogP contribution in [0.2, 0.25) is 0 Å². The summed E-state index contributed by atoms with van der Waals surface area (Å²) in [6.45, 7) is 5.78. The Morgan fingerprint density at radius 2 is 1.48 bits per heavy atom. The lowest BCUT2D eigenvalue weighted by Gasteiger charge is -2.19. The summed E-state index contributed by atoms with van der Waals surface area (Å²) in [5.41, 5.74) is 2.61. The second kappa shape index (κ2) is 9.23. The predicted molar refractivity (Wildman–Crippen MR) is 122 cm³/mol. The molecule has 2 aromatic carbocycles. The Balaban J connectivity index is 1.78. The topological polar surface area (TPSA) is 116 Å². The third-order valence-electron chi connectivity index (χ3n) is 5.54. The third kappa shape index (κ3) is 4.34. The smallest absolute Gasteiger partial charge is 0.268 e. The minimum atomic E-state index is -0.644. The van der Waals surface area contributed by atoms with Crippen molar-refractivity contribution >= 4 is 0 Å². The van der Waals surface area contributed by atoms with Crippen LogP contribution in [-0.4, -0.2) is 27.0 Å². The van der Waals surface area contributed by atoms with Gasteiger partial charge in [0.15, 0.2) is 11.5 Å². The van der Waals surface area contributed by atoms with Gasteiger partial charge in [0.05, 0.1) is 17.7 Å². The molecule has 2 heterocycles. The molecule has 0 saturated heterocycles. The Kier molecular flexibility index (Phi) is 6.21. The summed E-state index contributed by atoms with van der Waals surface area (Å²) in [6, 6.07) is 11.6. The molecule has 0 bridgehead atoms. The highest BCUT2D eigenvalue weighted by atomic mass is 19.1. The van der Waals surface area contributed by atoms with Gasteiger partial charge in [-0.2, -0.15) is 0 Å². The molecule has 33 heavy (non-hydrogen) atoms. The van der Waals surface area contributed by atoms with Crippen molar-refractivity contribution in [3.05, 3.63) is 103 Å². The van der Waals surface area contributed by atoms with E-state index in [1.54, 1.807) is 50.2 Å². The molecule has 8 nitrogen and oxygen atoms in total. The van der Waals surface area contributed by atoms with E-state index in [4.69, 9.17) is 9.47 Å². The van der Waals surface area contributed by atoms with E-state index < -0.39 is 5.92 Å². The van der Waals surface area contributed by atoms with Crippen molar-refractivity contribution in [2.24, 2.45) is 0 Å². The Labute approximate surface area is 188 Å². The van der Waals surface area contributed by atoms with Crippen LogP contribution in [0.3, 0.4) is 0 Å². The number of rotatable bonds is 8. The predicted octanol–water partition coefficient (Wildman–Crippen LogP) is 3.63. The summed E-state index contributed by atoms with van der Waals surface area (Å²) < 4.78 is 25.6. The second-order valence-electron chi connectivity index (χ2n) is 7.69. The average Bonchev–Trinajstić information content (AvgIpc) is 3.31. The van der Waals surface area contributed by atoms with Crippen molar-refractivity contribution < 1.29 is 13.9 Å². The molecule has 0 amide bonds. The third-order valence-corrected chi connectivity index (χ3v) is 5.54. The van der Waals surface area contributed by atoms with Gasteiger partial charge in [-0.15, -0.1) is 0 Å². The van der Waals surface area contributed by atoms with Crippen molar-refractivity contribution in [3.8, 4) is 11.5 Å². The SMILES string of the molecule is CCOc1cc(C(c2c(C)[nH][nH]c2=O)c2c(C)[nH][nH]c2=O)ccc1OCc1ccccc1F. The number of H-pyrrole nitrogens is 4. The molecule has 0 saturated carbocycles. The van der Waals surface area contributed by atoms with Crippen molar-refractivity contribution in [2.45, 2.75) is 33.3 Å². The first kappa shape index (κ1) is 22.2. The van der Waals surface area contributed by atoms with Crippen molar-refractivity contribution in [1.29, 1.82) is 0 Å². The maximum Gasteiger partial charge on any atom is 0.268 e. The fourth-order valence-electron chi connectivity index (χ4n) is 3.95. The lowest BCUT2D eigenvalue weighted by atomic mass is 9.85. The van der Waals surface area contributed by atoms with Crippen LogP contribution in [-0.2, 0) is 6.61 Å². The van der Waals surface area contributed by atoms with Crippen LogP contribution in [0.15, 0.2) is 52.1 Å². The molecule has 0 aliphatic rings. The van der Waals surface area contributed by atoms with Crippen LogP contribution in [0.1, 0.15) is 46.5 Å². The number of aryl methyl sites for hydroxylation is 2. The number of ether oxygens (including phenoxy) is 2. The number of halogens is 1. The lowest BCUT2D eigenvalue weighted by Crippen LogP contribution is -2.20. The van der Waals surface area contributed by atoms with Gasteiger partial charge in [-0.05, 0) is 44.5 Å². The first-order valence-electron chi connectivity index (χ1n) is 10.6. The lowest BCUT2D eigenvalue weighted by molar-refractivity contribution is 0.265. The van der Waals surface area contributed by atoms with Crippen molar-refractivity contribution in [3.63, 3.8) is 0 Å². The Morgan fingerprint density at radius 1 is 0.848 bits per heavy atom.